The third kappa shape index (κ3) is 2.74. The number of aliphatic hydroxyl groups excluding tert-OH is 1. The van der Waals surface area contributed by atoms with E-state index in [1.807, 2.05) is 18.3 Å². The number of rotatable bonds is 3. The number of aromatic nitrogens is 3. The minimum atomic E-state index is -0.330. The Labute approximate surface area is 134 Å². The summed E-state index contributed by atoms with van der Waals surface area (Å²) in [6, 6.07) is 3.86. The van der Waals surface area contributed by atoms with E-state index in [4.69, 9.17) is 0 Å². The average molecular weight is 312 g/mol. The normalized spacial score (nSPS) is 23.0. The van der Waals surface area contributed by atoms with Gasteiger partial charge in [0.15, 0.2) is 0 Å². The van der Waals surface area contributed by atoms with Crippen molar-refractivity contribution in [2.75, 3.05) is 5.32 Å². The maximum Gasteiger partial charge on any atom is 0.228 e. The zero-order valence-corrected chi connectivity index (χ0v) is 12.9. The van der Waals surface area contributed by atoms with Crippen LogP contribution in [0.4, 0.5) is 5.82 Å². The molecular formula is C17H20N4O2. The van der Waals surface area contributed by atoms with Crippen LogP contribution < -0.4 is 5.32 Å². The summed E-state index contributed by atoms with van der Waals surface area (Å²) < 4.78 is 2.08. The molecule has 2 aromatic heterocycles. The molecule has 0 saturated heterocycles. The first kappa shape index (κ1) is 14.4. The van der Waals surface area contributed by atoms with E-state index in [0.717, 1.165) is 24.1 Å². The van der Waals surface area contributed by atoms with Crippen molar-refractivity contribution in [3.63, 3.8) is 0 Å². The highest BCUT2D eigenvalue weighted by molar-refractivity contribution is 5.92. The second-order valence-corrected chi connectivity index (χ2v) is 6.43. The van der Waals surface area contributed by atoms with Gasteiger partial charge in [0.1, 0.15) is 5.82 Å². The molecule has 2 aromatic rings. The van der Waals surface area contributed by atoms with Crippen LogP contribution in [0.5, 0.6) is 0 Å². The molecule has 2 aliphatic rings. The van der Waals surface area contributed by atoms with E-state index in [1.165, 1.54) is 18.5 Å². The molecule has 1 fully saturated rings. The fourth-order valence-electron chi connectivity index (χ4n) is 3.36. The number of nitrogens with one attached hydrogen (secondary N) is 1. The van der Waals surface area contributed by atoms with Crippen LogP contribution in [0.1, 0.15) is 31.4 Å². The summed E-state index contributed by atoms with van der Waals surface area (Å²) in [5.74, 6) is 0.404. The van der Waals surface area contributed by atoms with Crippen LogP contribution in [0.3, 0.4) is 0 Å². The molecule has 1 aliphatic heterocycles. The van der Waals surface area contributed by atoms with E-state index in [9.17, 15) is 9.90 Å². The van der Waals surface area contributed by atoms with Crippen LogP contribution in [0.2, 0.25) is 0 Å². The van der Waals surface area contributed by atoms with Crippen molar-refractivity contribution in [1.82, 2.24) is 14.8 Å². The summed E-state index contributed by atoms with van der Waals surface area (Å²) in [6.07, 6.45) is 7.79. The molecule has 23 heavy (non-hydrogen) atoms. The molecule has 1 amide bonds. The predicted molar refractivity (Wildman–Crippen MR) is 85.8 cm³/mol. The SMILES string of the molecule is O=C(Nc1cc(-c2cnn3c2CCCC3)ccn1)[C@H]1C[C@@H](O)C1. The molecule has 0 radical (unpaired) electrons. The molecule has 0 spiro atoms. The van der Waals surface area contributed by atoms with Crippen molar-refractivity contribution >= 4 is 11.7 Å². The Morgan fingerprint density at radius 2 is 2.22 bits per heavy atom. The molecular weight excluding hydrogens is 292 g/mol. The molecule has 1 saturated carbocycles. The number of hydrogen-bond acceptors (Lipinski definition) is 4. The van der Waals surface area contributed by atoms with Gasteiger partial charge in [0.2, 0.25) is 5.91 Å². The first-order chi connectivity index (χ1) is 11.2. The number of aryl methyl sites for hydroxylation is 1. The number of pyridine rings is 1. The molecule has 4 rings (SSSR count). The van der Waals surface area contributed by atoms with E-state index in [1.54, 1.807) is 6.20 Å². The average Bonchev–Trinajstić information content (AvgIpc) is 2.96. The van der Waals surface area contributed by atoms with Gasteiger partial charge in [0, 0.05) is 29.9 Å². The maximum absolute atomic E-state index is 12.1. The number of hydrogen-bond donors (Lipinski definition) is 2. The topological polar surface area (TPSA) is 80.0 Å². The van der Waals surface area contributed by atoms with Crippen molar-refractivity contribution < 1.29 is 9.90 Å². The Hall–Kier alpha value is -2.21. The molecule has 0 aromatic carbocycles. The van der Waals surface area contributed by atoms with Crippen LogP contribution in [-0.2, 0) is 17.8 Å². The summed E-state index contributed by atoms with van der Waals surface area (Å²) in [4.78, 5) is 16.3. The third-order valence-electron chi connectivity index (χ3n) is 4.79. The maximum atomic E-state index is 12.1. The number of aliphatic hydroxyl groups is 1. The lowest BCUT2D eigenvalue weighted by Gasteiger charge is -2.29. The third-order valence-corrected chi connectivity index (χ3v) is 4.79. The van der Waals surface area contributed by atoms with E-state index in [-0.39, 0.29) is 17.9 Å². The second-order valence-electron chi connectivity index (χ2n) is 6.43. The highest BCUT2D eigenvalue weighted by Gasteiger charge is 2.33. The molecule has 1 aliphatic carbocycles. The molecule has 0 unspecified atom stereocenters. The largest absolute Gasteiger partial charge is 0.393 e. The molecule has 2 N–H and O–H groups in total. The van der Waals surface area contributed by atoms with Gasteiger partial charge in [-0.3, -0.25) is 9.48 Å². The van der Waals surface area contributed by atoms with Gasteiger partial charge in [0.05, 0.1) is 12.3 Å². The summed E-state index contributed by atoms with van der Waals surface area (Å²) in [6.45, 7) is 0.980. The fraction of sp³-hybridized carbons (Fsp3) is 0.471. The zero-order chi connectivity index (χ0) is 15.8. The quantitative estimate of drug-likeness (QED) is 0.908. The smallest absolute Gasteiger partial charge is 0.228 e. The number of amides is 1. The highest BCUT2D eigenvalue weighted by Crippen LogP contribution is 2.30. The monoisotopic (exact) mass is 312 g/mol. The Kier molecular flexibility index (Phi) is 3.61. The van der Waals surface area contributed by atoms with Crippen molar-refractivity contribution in [2.24, 2.45) is 5.92 Å². The lowest BCUT2D eigenvalue weighted by atomic mass is 9.82. The Balaban J connectivity index is 1.54. The van der Waals surface area contributed by atoms with Gasteiger partial charge in [-0.2, -0.15) is 5.10 Å². The molecule has 0 atom stereocenters. The van der Waals surface area contributed by atoms with E-state index in [2.05, 4.69) is 20.1 Å². The van der Waals surface area contributed by atoms with Crippen LogP contribution in [0.25, 0.3) is 11.1 Å². The minimum absolute atomic E-state index is 0.0583. The van der Waals surface area contributed by atoms with Crippen LogP contribution >= 0.6 is 0 Å². The highest BCUT2D eigenvalue weighted by atomic mass is 16.3. The van der Waals surface area contributed by atoms with Crippen LogP contribution in [0.15, 0.2) is 24.5 Å². The molecule has 120 valence electrons. The van der Waals surface area contributed by atoms with Gasteiger partial charge in [-0.25, -0.2) is 4.98 Å². The van der Waals surface area contributed by atoms with E-state index in [0.29, 0.717) is 18.7 Å². The van der Waals surface area contributed by atoms with Gasteiger partial charge in [-0.05, 0) is 49.8 Å². The second kappa shape index (κ2) is 5.77. The molecule has 0 bridgehead atoms. The number of anilines is 1. The van der Waals surface area contributed by atoms with Crippen LogP contribution in [-0.4, -0.2) is 31.9 Å². The standard InChI is InChI=1S/C17H20N4O2/c22-13-7-12(8-13)17(23)20-16-9-11(4-5-18-16)14-10-19-21-6-2-1-3-15(14)21/h4-5,9-10,12-13,22H,1-3,6-8H2,(H,18,20,23)/t12-,13+. The van der Waals surface area contributed by atoms with E-state index < -0.39 is 0 Å². The summed E-state index contributed by atoms with van der Waals surface area (Å²) in [5.41, 5.74) is 3.43. The van der Waals surface area contributed by atoms with E-state index >= 15 is 0 Å². The van der Waals surface area contributed by atoms with Crippen molar-refractivity contribution in [3.8, 4) is 11.1 Å². The summed E-state index contributed by atoms with van der Waals surface area (Å²) in [7, 11) is 0. The first-order valence-corrected chi connectivity index (χ1v) is 8.21. The number of carbonyl (C=O) groups is 1. The Morgan fingerprint density at radius 1 is 1.35 bits per heavy atom. The van der Waals surface area contributed by atoms with Gasteiger partial charge >= 0.3 is 0 Å². The number of carbonyl (C=O) groups excluding carboxylic acids is 1. The van der Waals surface area contributed by atoms with Gasteiger partial charge in [-0.15, -0.1) is 0 Å². The summed E-state index contributed by atoms with van der Waals surface area (Å²) >= 11 is 0. The minimum Gasteiger partial charge on any atom is -0.393 e. The summed E-state index contributed by atoms with van der Waals surface area (Å²) in [5, 5.41) is 16.6. The number of nitrogens with zero attached hydrogens (tertiary/aromatic N) is 3. The van der Waals surface area contributed by atoms with Crippen molar-refractivity contribution in [2.45, 2.75) is 44.8 Å². The van der Waals surface area contributed by atoms with Crippen molar-refractivity contribution in [3.05, 3.63) is 30.2 Å². The first-order valence-electron chi connectivity index (χ1n) is 8.21. The lowest BCUT2D eigenvalue weighted by Crippen LogP contribution is -2.37. The van der Waals surface area contributed by atoms with Gasteiger partial charge in [-0.1, -0.05) is 0 Å². The fourth-order valence-corrected chi connectivity index (χ4v) is 3.36. The Bertz CT molecular complexity index is 734. The van der Waals surface area contributed by atoms with Crippen molar-refractivity contribution in [1.29, 1.82) is 0 Å². The van der Waals surface area contributed by atoms with Crippen LogP contribution in [0, 0.1) is 5.92 Å². The Morgan fingerprint density at radius 3 is 3.04 bits per heavy atom. The zero-order valence-electron chi connectivity index (χ0n) is 12.9. The molecule has 6 heteroatoms. The predicted octanol–water partition coefficient (Wildman–Crippen LogP) is 1.99. The lowest BCUT2D eigenvalue weighted by molar-refractivity contribution is -0.126. The van der Waals surface area contributed by atoms with Gasteiger partial charge < -0.3 is 10.4 Å². The molecule has 3 heterocycles. The number of fused-ring (bicyclic) bond motifs is 1. The molecule has 6 nitrogen and oxygen atoms in total. The van der Waals surface area contributed by atoms with Gasteiger partial charge in [0.25, 0.3) is 0 Å².